The Bertz CT molecular complexity index is 450. The fraction of sp³-hybridized carbons (Fsp3) is 0. The lowest BCUT2D eigenvalue weighted by Crippen LogP contribution is -1.93. The first kappa shape index (κ1) is 7.67. The van der Waals surface area contributed by atoms with Crippen molar-refractivity contribution in [1.82, 2.24) is 9.97 Å². The lowest BCUT2D eigenvalue weighted by atomic mass is 10.3. The van der Waals surface area contributed by atoms with Crippen molar-refractivity contribution < 1.29 is 0 Å². The van der Waals surface area contributed by atoms with Crippen molar-refractivity contribution in [2.75, 3.05) is 0 Å². The van der Waals surface area contributed by atoms with E-state index in [1.54, 1.807) is 6.20 Å². The highest BCUT2D eigenvalue weighted by molar-refractivity contribution is 5.81. The van der Waals surface area contributed by atoms with Crippen molar-refractivity contribution in [3.63, 3.8) is 0 Å². The zero-order valence-corrected chi connectivity index (χ0v) is 6.88. The molecule has 2 rings (SSSR count). The van der Waals surface area contributed by atoms with E-state index in [1.807, 2.05) is 24.3 Å². The van der Waals surface area contributed by atoms with E-state index < -0.39 is 0 Å². The van der Waals surface area contributed by atoms with Crippen molar-refractivity contribution >= 4 is 17.2 Å². The van der Waals surface area contributed by atoms with Crippen LogP contribution in [0.2, 0.25) is 0 Å². The molecular formula is C9H8N4. The molecule has 2 aromatic rings. The monoisotopic (exact) mass is 172 g/mol. The Hall–Kier alpha value is -1.97. The standard InChI is InChI=1S/C9H8N4/c10-12-6-7-5-11-8-3-1-2-4-9(8)13-7/h1-6H,10H2. The fourth-order valence-electron chi connectivity index (χ4n) is 1.11. The number of hydrazone groups is 1. The zero-order valence-electron chi connectivity index (χ0n) is 6.88. The van der Waals surface area contributed by atoms with E-state index >= 15 is 0 Å². The minimum atomic E-state index is 0.668. The minimum absolute atomic E-state index is 0.668. The van der Waals surface area contributed by atoms with Gasteiger partial charge >= 0.3 is 0 Å². The van der Waals surface area contributed by atoms with E-state index in [1.165, 1.54) is 6.21 Å². The Kier molecular flexibility index (Phi) is 1.88. The van der Waals surface area contributed by atoms with Gasteiger partial charge in [-0.05, 0) is 12.1 Å². The molecule has 4 heteroatoms. The summed E-state index contributed by atoms with van der Waals surface area (Å²) in [4.78, 5) is 8.46. The average molecular weight is 172 g/mol. The van der Waals surface area contributed by atoms with Crippen LogP contribution in [0.25, 0.3) is 11.0 Å². The van der Waals surface area contributed by atoms with Gasteiger partial charge in [0.05, 0.1) is 23.4 Å². The van der Waals surface area contributed by atoms with Gasteiger partial charge in [0.1, 0.15) is 5.69 Å². The molecular weight excluding hydrogens is 164 g/mol. The summed E-state index contributed by atoms with van der Waals surface area (Å²) in [6, 6.07) is 7.65. The molecule has 0 atom stereocenters. The van der Waals surface area contributed by atoms with Gasteiger partial charge in [0, 0.05) is 0 Å². The van der Waals surface area contributed by atoms with Crippen LogP contribution in [0.15, 0.2) is 35.6 Å². The Morgan fingerprint density at radius 2 is 2.00 bits per heavy atom. The molecule has 0 bridgehead atoms. The lowest BCUT2D eigenvalue weighted by molar-refractivity contribution is 1.23. The van der Waals surface area contributed by atoms with Crippen LogP contribution in [0.1, 0.15) is 5.69 Å². The lowest BCUT2D eigenvalue weighted by Gasteiger charge is -1.95. The molecule has 1 heterocycles. The SMILES string of the molecule is NN=Cc1cnc2ccccc2n1. The molecule has 0 aliphatic rings. The van der Waals surface area contributed by atoms with Crippen LogP contribution in [0, 0.1) is 0 Å². The van der Waals surface area contributed by atoms with Gasteiger partial charge in [-0.15, -0.1) is 0 Å². The molecule has 0 unspecified atom stereocenters. The third kappa shape index (κ3) is 1.46. The smallest absolute Gasteiger partial charge is 0.102 e. The van der Waals surface area contributed by atoms with E-state index in [2.05, 4.69) is 15.1 Å². The molecule has 0 spiro atoms. The Balaban J connectivity index is 2.62. The molecule has 2 N–H and O–H groups in total. The number of nitrogens with zero attached hydrogens (tertiary/aromatic N) is 3. The molecule has 4 nitrogen and oxygen atoms in total. The normalized spacial score (nSPS) is 11.1. The van der Waals surface area contributed by atoms with Gasteiger partial charge in [0.15, 0.2) is 0 Å². The first-order chi connectivity index (χ1) is 6.40. The topological polar surface area (TPSA) is 64.2 Å². The molecule has 13 heavy (non-hydrogen) atoms. The van der Waals surface area contributed by atoms with E-state index in [9.17, 15) is 0 Å². The van der Waals surface area contributed by atoms with Crippen molar-refractivity contribution in [3.8, 4) is 0 Å². The molecule has 0 amide bonds. The molecule has 1 aromatic carbocycles. The summed E-state index contributed by atoms with van der Waals surface area (Å²) < 4.78 is 0. The summed E-state index contributed by atoms with van der Waals surface area (Å²) in [5.74, 6) is 5.01. The maximum absolute atomic E-state index is 5.01. The predicted molar refractivity (Wildman–Crippen MR) is 51.3 cm³/mol. The van der Waals surface area contributed by atoms with Crippen LogP contribution in [0.4, 0.5) is 0 Å². The molecule has 1 aromatic heterocycles. The average Bonchev–Trinajstić information content (AvgIpc) is 2.18. The number of aromatic nitrogens is 2. The van der Waals surface area contributed by atoms with Crippen LogP contribution in [0.3, 0.4) is 0 Å². The van der Waals surface area contributed by atoms with Gasteiger partial charge in [-0.2, -0.15) is 5.10 Å². The van der Waals surface area contributed by atoms with Gasteiger partial charge in [-0.1, -0.05) is 12.1 Å². The summed E-state index contributed by atoms with van der Waals surface area (Å²) >= 11 is 0. The number of para-hydroxylation sites is 2. The van der Waals surface area contributed by atoms with E-state index in [0.717, 1.165) is 11.0 Å². The van der Waals surface area contributed by atoms with Crippen molar-refractivity contribution in [1.29, 1.82) is 0 Å². The molecule has 0 radical (unpaired) electrons. The summed E-state index contributed by atoms with van der Waals surface area (Å²) in [6.07, 6.45) is 3.11. The number of hydrogen-bond donors (Lipinski definition) is 1. The highest BCUT2D eigenvalue weighted by Crippen LogP contribution is 2.06. The molecule has 64 valence electrons. The second-order valence-electron chi connectivity index (χ2n) is 2.56. The van der Waals surface area contributed by atoms with Crippen LogP contribution < -0.4 is 5.84 Å². The Morgan fingerprint density at radius 1 is 1.23 bits per heavy atom. The predicted octanol–water partition coefficient (Wildman–Crippen LogP) is 0.922. The quantitative estimate of drug-likeness (QED) is 0.395. The maximum atomic E-state index is 5.01. The molecule has 0 aliphatic carbocycles. The van der Waals surface area contributed by atoms with Crippen molar-refractivity contribution in [3.05, 3.63) is 36.2 Å². The second-order valence-corrected chi connectivity index (χ2v) is 2.56. The molecule has 0 fully saturated rings. The summed E-state index contributed by atoms with van der Waals surface area (Å²) in [7, 11) is 0. The van der Waals surface area contributed by atoms with Gasteiger partial charge in [-0.3, -0.25) is 4.98 Å². The maximum Gasteiger partial charge on any atom is 0.102 e. The van der Waals surface area contributed by atoms with Gasteiger partial charge < -0.3 is 5.84 Å². The molecule has 0 aliphatic heterocycles. The molecule has 0 saturated carbocycles. The first-order valence-corrected chi connectivity index (χ1v) is 3.85. The van der Waals surface area contributed by atoms with Gasteiger partial charge in [0.2, 0.25) is 0 Å². The third-order valence-corrected chi connectivity index (χ3v) is 1.67. The number of hydrogen-bond acceptors (Lipinski definition) is 4. The van der Waals surface area contributed by atoms with Crippen molar-refractivity contribution in [2.24, 2.45) is 10.9 Å². The fourth-order valence-corrected chi connectivity index (χ4v) is 1.11. The largest absolute Gasteiger partial charge is 0.323 e. The van der Waals surface area contributed by atoms with Crippen LogP contribution in [0.5, 0.6) is 0 Å². The Labute approximate surface area is 75.1 Å². The summed E-state index contributed by atoms with van der Waals surface area (Å²) in [6.45, 7) is 0. The second kappa shape index (κ2) is 3.18. The first-order valence-electron chi connectivity index (χ1n) is 3.85. The van der Waals surface area contributed by atoms with E-state index in [-0.39, 0.29) is 0 Å². The van der Waals surface area contributed by atoms with E-state index in [4.69, 9.17) is 5.84 Å². The molecule has 0 saturated heterocycles. The minimum Gasteiger partial charge on any atom is -0.323 e. The Morgan fingerprint density at radius 3 is 2.77 bits per heavy atom. The zero-order chi connectivity index (χ0) is 9.10. The number of benzene rings is 1. The highest BCUT2D eigenvalue weighted by Gasteiger charge is 1.95. The highest BCUT2D eigenvalue weighted by atomic mass is 15.1. The van der Waals surface area contributed by atoms with Gasteiger partial charge in [0.25, 0.3) is 0 Å². The van der Waals surface area contributed by atoms with Crippen LogP contribution in [-0.2, 0) is 0 Å². The summed E-state index contributed by atoms with van der Waals surface area (Å²) in [5.41, 5.74) is 2.39. The van der Waals surface area contributed by atoms with Gasteiger partial charge in [-0.25, -0.2) is 4.98 Å². The summed E-state index contributed by atoms with van der Waals surface area (Å²) in [5, 5.41) is 3.39. The third-order valence-electron chi connectivity index (χ3n) is 1.67. The number of nitrogens with two attached hydrogens (primary N) is 1. The van der Waals surface area contributed by atoms with Crippen molar-refractivity contribution in [2.45, 2.75) is 0 Å². The van der Waals surface area contributed by atoms with Crippen LogP contribution >= 0.6 is 0 Å². The van der Waals surface area contributed by atoms with Crippen LogP contribution in [-0.4, -0.2) is 16.2 Å². The number of fused-ring (bicyclic) bond motifs is 1. The van der Waals surface area contributed by atoms with E-state index in [0.29, 0.717) is 5.69 Å². The number of rotatable bonds is 1.